The van der Waals surface area contributed by atoms with E-state index >= 15 is 0 Å². The van der Waals surface area contributed by atoms with Gasteiger partial charge in [-0.3, -0.25) is 9.10 Å². The predicted octanol–water partition coefficient (Wildman–Crippen LogP) is 3.40. The Kier molecular flexibility index (Phi) is 7.89. The molecule has 0 aliphatic carbocycles. The third kappa shape index (κ3) is 6.01. The molecule has 33 heavy (non-hydrogen) atoms. The SMILES string of the molecule is COc1ccc(S(=O)(=O)N(CC(=O)NCCc2ccccc2)c2ccc(F)cc2)cc1OC. The van der Waals surface area contributed by atoms with Gasteiger partial charge in [-0.05, 0) is 48.4 Å². The molecule has 0 fully saturated rings. The summed E-state index contributed by atoms with van der Waals surface area (Å²) in [5.41, 5.74) is 1.20. The van der Waals surface area contributed by atoms with E-state index in [1.165, 1.54) is 44.6 Å². The average Bonchev–Trinajstić information content (AvgIpc) is 2.83. The first kappa shape index (κ1) is 24.1. The number of nitrogens with zero attached hydrogens (tertiary/aromatic N) is 1. The maximum absolute atomic E-state index is 13.5. The second-order valence-electron chi connectivity index (χ2n) is 7.09. The Balaban J connectivity index is 1.85. The molecule has 9 heteroatoms. The van der Waals surface area contributed by atoms with Gasteiger partial charge in [-0.2, -0.15) is 0 Å². The van der Waals surface area contributed by atoms with Gasteiger partial charge in [0.15, 0.2) is 11.5 Å². The maximum atomic E-state index is 13.5. The van der Waals surface area contributed by atoms with Gasteiger partial charge in [0.2, 0.25) is 5.91 Å². The molecule has 0 radical (unpaired) electrons. The fourth-order valence-electron chi connectivity index (χ4n) is 3.20. The largest absolute Gasteiger partial charge is 0.493 e. The van der Waals surface area contributed by atoms with Crippen molar-refractivity contribution in [3.63, 3.8) is 0 Å². The van der Waals surface area contributed by atoms with E-state index in [1.807, 2.05) is 30.3 Å². The number of carbonyl (C=O) groups is 1. The lowest BCUT2D eigenvalue weighted by atomic mass is 10.1. The van der Waals surface area contributed by atoms with Crippen molar-refractivity contribution in [1.82, 2.24) is 5.32 Å². The summed E-state index contributed by atoms with van der Waals surface area (Å²) in [7, 11) is -1.35. The van der Waals surface area contributed by atoms with Crippen LogP contribution in [0.1, 0.15) is 5.56 Å². The van der Waals surface area contributed by atoms with Crippen LogP contribution in [0.2, 0.25) is 0 Å². The van der Waals surface area contributed by atoms with Gasteiger partial charge >= 0.3 is 0 Å². The zero-order valence-electron chi connectivity index (χ0n) is 18.3. The van der Waals surface area contributed by atoms with E-state index in [4.69, 9.17) is 9.47 Å². The molecule has 0 saturated heterocycles. The molecule has 7 nitrogen and oxygen atoms in total. The molecule has 0 aliphatic heterocycles. The molecule has 0 unspecified atom stereocenters. The van der Waals surface area contributed by atoms with Crippen LogP contribution in [0, 0.1) is 5.82 Å². The summed E-state index contributed by atoms with van der Waals surface area (Å²) >= 11 is 0. The maximum Gasteiger partial charge on any atom is 0.264 e. The number of carbonyl (C=O) groups excluding carboxylic acids is 1. The Bertz CT molecular complexity index is 1190. The van der Waals surface area contributed by atoms with Crippen LogP contribution < -0.4 is 19.1 Å². The quantitative estimate of drug-likeness (QED) is 0.489. The van der Waals surface area contributed by atoms with Gasteiger partial charge in [0, 0.05) is 12.6 Å². The first-order valence-electron chi connectivity index (χ1n) is 10.2. The van der Waals surface area contributed by atoms with E-state index < -0.39 is 28.3 Å². The molecular formula is C24H25FN2O5S. The number of nitrogens with one attached hydrogen (secondary N) is 1. The molecule has 3 aromatic carbocycles. The molecule has 3 rings (SSSR count). The van der Waals surface area contributed by atoms with E-state index in [2.05, 4.69) is 5.32 Å². The number of benzene rings is 3. The molecule has 3 aromatic rings. The monoisotopic (exact) mass is 472 g/mol. The van der Waals surface area contributed by atoms with E-state index in [-0.39, 0.29) is 16.3 Å². The average molecular weight is 473 g/mol. The number of anilines is 1. The first-order valence-corrected chi connectivity index (χ1v) is 11.6. The molecule has 1 N–H and O–H groups in total. The van der Waals surface area contributed by atoms with Crippen molar-refractivity contribution in [2.24, 2.45) is 0 Å². The minimum absolute atomic E-state index is 0.0958. The van der Waals surface area contributed by atoms with E-state index in [0.29, 0.717) is 18.7 Å². The number of methoxy groups -OCH3 is 2. The van der Waals surface area contributed by atoms with Crippen molar-refractivity contribution >= 4 is 21.6 Å². The van der Waals surface area contributed by atoms with Crippen molar-refractivity contribution in [3.8, 4) is 11.5 Å². The number of amides is 1. The lowest BCUT2D eigenvalue weighted by Gasteiger charge is -2.24. The van der Waals surface area contributed by atoms with Gasteiger partial charge in [0.05, 0.1) is 24.8 Å². The predicted molar refractivity (Wildman–Crippen MR) is 124 cm³/mol. The first-order chi connectivity index (χ1) is 15.8. The number of hydrogen-bond donors (Lipinski definition) is 1. The van der Waals surface area contributed by atoms with Gasteiger partial charge in [0.25, 0.3) is 10.0 Å². The minimum Gasteiger partial charge on any atom is -0.493 e. The summed E-state index contributed by atoms with van der Waals surface area (Å²) in [4.78, 5) is 12.6. The van der Waals surface area contributed by atoms with E-state index in [9.17, 15) is 17.6 Å². The highest BCUT2D eigenvalue weighted by molar-refractivity contribution is 7.92. The van der Waals surface area contributed by atoms with Crippen LogP contribution in [0.3, 0.4) is 0 Å². The highest BCUT2D eigenvalue weighted by Crippen LogP contribution is 2.32. The summed E-state index contributed by atoms with van der Waals surface area (Å²) in [6.45, 7) is -0.131. The summed E-state index contributed by atoms with van der Waals surface area (Å²) < 4.78 is 51.7. The summed E-state index contributed by atoms with van der Waals surface area (Å²) in [6.07, 6.45) is 0.603. The Morgan fingerprint density at radius 1 is 0.939 bits per heavy atom. The molecular weight excluding hydrogens is 447 g/mol. The van der Waals surface area contributed by atoms with Crippen LogP contribution in [0.25, 0.3) is 0 Å². The van der Waals surface area contributed by atoms with Gasteiger partial charge in [0.1, 0.15) is 12.4 Å². The zero-order chi connectivity index (χ0) is 23.8. The molecule has 0 atom stereocenters. The van der Waals surface area contributed by atoms with Crippen molar-refractivity contribution in [2.75, 3.05) is 31.6 Å². The topological polar surface area (TPSA) is 84.9 Å². The molecule has 174 valence electrons. The Hall–Kier alpha value is -3.59. The molecule has 0 bridgehead atoms. The van der Waals surface area contributed by atoms with Gasteiger partial charge in [-0.15, -0.1) is 0 Å². The second kappa shape index (κ2) is 10.8. The van der Waals surface area contributed by atoms with Crippen molar-refractivity contribution in [1.29, 1.82) is 0 Å². The standard InChI is InChI=1S/C24H25FN2O5S/c1-31-22-13-12-21(16-23(22)32-2)33(29,30)27(20-10-8-19(25)9-11-20)17-24(28)26-15-14-18-6-4-3-5-7-18/h3-13,16H,14-15,17H2,1-2H3,(H,26,28). The lowest BCUT2D eigenvalue weighted by molar-refractivity contribution is -0.119. The summed E-state index contributed by atoms with van der Waals surface area (Å²) in [5, 5.41) is 2.74. The minimum atomic E-state index is -4.18. The van der Waals surface area contributed by atoms with Gasteiger partial charge in [-0.25, -0.2) is 12.8 Å². The van der Waals surface area contributed by atoms with Crippen molar-refractivity contribution < 1.29 is 27.1 Å². The number of rotatable bonds is 10. The summed E-state index contributed by atoms with van der Waals surface area (Å²) in [6, 6.07) is 18.6. The third-order valence-electron chi connectivity index (χ3n) is 4.92. The van der Waals surface area contributed by atoms with Crippen LogP contribution in [0.5, 0.6) is 11.5 Å². The van der Waals surface area contributed by atoms with Crippen molar-refractivity contribution in [3.05, 3.63) is 84.2 Å². The smallest absolute Gasteiger partial charge is 0.264 e. The van der Waals surface area contributed by atoms with Crippen LogP contribution in [0.15, 0.2) is 77.7 Å². The van der Waals surface area contributed by atoms with E-state index in [1.54, 1.807) is 0 Å². The molecule has 0 aliphatic rings. The van der Waals surface area contributed by atoms with Gasteiger partial charge in [-0.1, -0.05) is 30.3 Å². The molecule has 0 saturated carbocycles. The molecule has 0 heterocycles. The normalized spacial score (nSPS) is 11.0. The van der Waals surface area contributed by atoms with Crippen LogP contribution >= 0.6 is 0 Å². The Morgan fingerprint density at radius 2 is 1.61 bits per heavy atom. The molecule has 0 spiro atoms. The lowest BCUT2D eigenvalue weighted by Crippen LogP contribution is -2.41. The number of hydrogen-bond acceptors (Lipinski definition) is 5. The Morgan fingerprint density at radius 3 is 2.24 bits per heavy atom. The van der Waals surface area contributed by atoms with Crippen LogP contribution in [0.4, 0.5) is 10.1 Å². The third-order valence-corrected chi connectivity index (χ3v) is 6.69. The fraction of sp³-hybridized carbons (Fsp3) is 0.208. The van der Waals surface area contributed by atoms with E-state index in [0.717, 1.165) is 22.0 Å². The molecule has 1 amide bonds. The highest BCUT2D eigenvalue weighted by atomic mass is 32.2. The summed E-state index contributed by atoms with van der Waals surface area (Å²) in [5.74, 6) is -0.415. The Labute approximate surface area is 192 Å². The molecule has 0 aromatic heterocycles. The van der Waals surface area contributed by atoms with Gasteiger partial charge < -0.3 is 14.8 Å². The van der Waals surface area contributed by atoms with Crippen molar-refractivity contribution in [2.45, 2.75) is 11.3 Å². The second-order valence-corrected chi connectivity index (χ2v) is 8.95. The zero-order valence-corrected chi connectivity index (χ0v) is 19.1. The number of ether oxygens (including phenoxy) is 2. The number of sulfonamides is 1. The van der Waals surface area contributed by atoms with Crippen LogP contribution in [-0.2, 0) is 21.2 Å². The fourth-order valence-corrected chi connectivity index (χ4v) is 4.64. The van der Waals surface area contributed by atoms with Crippen LogP contribution in [-0.4, -0.2) is 41.6 Å². The number of halogens is 1. The highest BCUT2D eigenvalue weighted by Gasteiger charge is 2.28.